The van der Waals surface area contributed by atoms with Crippen LogP contribution in [0.2, 0.25) is 0 Å². The maximum Gasteiger partial charge on any atom is 0.191 e. The molecule has 0 aromatic heterocycles. The Morgan fingerprint density at radius 2 is 2.04 bits per heavy atom. The van der Waals surface area contributed by atoms with Crippen molar-refractivity contribution in [1.29, 1.82) is 0 Å². The highest BCUT2D eigenvalue weighted by atomic mass is 127. The quantitative estimate of drug-likeness (QED) is 0.257. The molecule has 1 saturated heterocycles. The lowest BCUT2D eigenvalue weighted by atomic mass is 10.2. The van der Waals surface area contributed by atoms with Crippen LogP contribution < -0.4 is 15.5 Å². The molecule has 25 heavy (non-hydrogen) atoms. The molecule has 1 fully saturated rings. The number of rotatable bonds is 9. The average Bonchev–Trinajstić information content (AvgIpc) is 3.13. The molecule has 0 saturated carbocycles. The highest BCUT2D eigenvalue weighted by molar-refractivity contribution is 14.0. The van der Waals surface area contributed by atoms with Crippen LogP contribution in [0.4, 0.5) is 5.69 Å². The number of aliphatic imine (C=N–C) groups is 1. The van der Waals surface area contributed by atoms with Crippen molar-refractivity contribution in [2.24, 2.45) is 4.99 Å². The molecule has 0 radical (unpaired) electrons. The number of hydrogen-bond donors (Lipinski definition) is 2. The number of unbranched alkanes of at least 4 members (excludes halogenated alkanes) is 1. The first-order valence-electron chi connectivity index (χ1n) is 9.19. The Morgan fingerprint density at radius 3 is 2.72 bits per heavy atom. The lowest BCUT2D eigenvalue weighted by molar-refractivity contribution is 0.117. The number of nitrogens with one attached hydrogen (secondary N) is 2. The highest BCUT2D eigenvalue weighted by Gasteiger charge is 2.14. The summed E-state index contributed by atoms with van der Waals surface area (Å²) >= 11 is 0. The lowest BCUT2D eigenvalue weighted by Crippen LogP contribution is -2.38. The van der Waals surface area contributed by atoms with Gasteiger partial charge in [0.05, 0.1) is 12.6 Å². The number of ether oxygens (including phenoxy) is 1. The van der Waals surface area contributed by atoms with Gasteiger partial charge in [-0.05, 0) is 44.7 Å². The summed E-state index contributed by atoms with van der Waals surface area (Å²) in [6.07, 6.45) is 4.89. The molecule has 2 rings (SSSR count). The standard InChI is InChI=1S/C19H32N4O.HI/c1-3-20-19(22-16-18-12-9-15-24-18)21-13-7-8-14-23(2)17-10-5-4-6-11-17;/h4-6,10-11,18H,3,7-9,12-16H2,1-2H3,(H2,20,21,22);1H. The largest absolute Gasteiger partial charge is 0.376 e. The predicted molar refractivity (Wildman–Crippen MR) is 117 cm³/mol. The van der Waals surface area contributed by atoms with Crippen LogP contribution in [0.15, 0.2) is 35.3 Å². The van der Waals surface area contributed by atoms with E-state index in [1.165, 1.54) is 12.1 Å². The second-order valence-electron chi connectivity index (χ2n) is 6.25. The Labute approximate surface area is 169 Å². The monoisotopic (exact) mass is 460 g/mol. The van der Waals surface area contributed by atoms with E-state index >= 15 is 0 Å². The molecular weight excluding hydrogens is 427 g/mol. The minimum absolute atomic E-state index is 0. The smallest absolute Gasteiger partial charge is 0.191 e. The van der Waals surface area contributed by atoms with Gasteiger partial charge in [-0.2, -0.15) is 0 Å². The molecule has 0 bridgehead atoms. The second kappa shape index (κ2) is 13.2. The van der Waals surface area contributed by atoms with Gasteiger partial charge in [-0.3, -0.25) is 4.99 Å². The summed E-state index contributed by atoms with van der Waals surface area (Å²) in [5.41, 5.74) is 1.27. The van der Waals surface area contributed by atoms with Crippen molar-refractivity contribution in [3.05, 3.63) is 30.3 Å². The number of guanidine groups is 1. The summed E-state index contributed by atoms with van der Waals surface area (Å²) in [6, 6.07) is 10.5. The molecule has 1 aromatic rings. The number of para-hydroxylation sites is 1. The maximum absolute atomic E-state index is 5.62. The fourth-order valence-electron chi connectivity index (χ4n) is 2.82. The molecule has 0 spiro atoms. The first-order chi connectivity index (χ1) is 11.8. The summed E-state index contributed by atoms with van der Waals surface area (Å²) in [4.78, 5) is 6.94. The van der Waals surface area contributed by atoms with Gasteiger partial charge in [-0.25, -0.2) is 0 Å². The third kappa shape index (κ3) is 8.76. The van der Waals surface area contributed by atoms with Crippen molar-refractivity contribution in [2.45, 2.75) is 38.7 Å². The Hall–Kier alpha value is -1.02. The summed E-state index contributed by atoms with van der Waals surface area (Å²) in [5, 5.41) is 6.73. The van der Waals surface area contributed by atoms with E-state index in [2.05, 4.69) is 64.8 Å². The van der Waals surface area contributed by atoms with Crippen molar-refractivity contribution in [3.8, 4) is 0 Å². The summed E-state index contributed by atoms with van der Waals surface area (Å²) in [5.74, 6) is 0.907. The molecule has 1 atom stereocenters. The van der Waals surface area contributed by atoms with E-state index in [-0.39, 0.29) is 24.0 Å². The summed E-state index contributed by atoms with van der Waals surface area (Å²) < 4.78 is 5.62. The minimum atomic E-state index is 0. The minimum Gasteiger partial charge on any atom is -0.376 e. The fourth-order valence-corrected chi connectivity index (χ4v) is 2.82. The Kier molecular flexibility index (Phi) is 11.6. The van der Waals surface area contributed by atoms with Crippen LogP contribution in [0, 0.1) is 0 Å². The van der Waals surface area contributed by atoms with E-state index in [4.69, 9.17) is 4.74 Å². The van der Waals surface area contributed by atoms with E-state index in [9.17, 15) is 0 Å². The van der Waals surface area contributed by atoms with Gasteiger partial charge >= 0.3 is 0 Å². The van der Waals surface area contributed by atoms with Crippen LogP contribution in [0.25, 0.3) is 0 Å². The molecule has 142 valence electrons. The van der Waals surface area contributed by atoms with Crippen molar-refractivity contribution in [3.63, 3.8) is 0 Å². The predicted octanol–water partition coefficient (Wildman–Crippen LogP) is 3.26. The Balaban J connectivity index is 0.00000312. The van der Waals surface area contributed by atoms with Crippen LogP contribution >= 0.6 is 24.0 Å². The van der Waals surface area contributed by atoms with Crippen molar-refractivity contribution in [2.75, 3.05) is 44.7 Å². The molecule has 0 aliphatic carbocycles. The first kappa shape index (κ1) is 22.0. The zero-order valence-electron chi connectivity index (χ0n) is 15.5. The Morgan fingerprint density at radius 1 is 1.24 bits per heavy atom. The first-order valence-corrected chi connectivity index (χ1v) is 9.19. The normalized spacial score (nSPS) is 17.0. The van der Waals surface area contributed by atoms with Crippen molar-refractivity contribution in [1.82, 2.24) is 10.6 Å². The number of halogens is 1. The molecule has 1 aliphatic heterocycles. The van der Waals surface area contributed by atoms with Crippen LogP contribution in [-0.2, 0) is 4.74 Å². The topological polar surface area (TPSA) is 48.9 Å². The molecule has 1 unspecified atom stereocenters. The summed E-state index contributed by atoms with van der Waals surface area (Å²) in [6.45, 7) is 6.63. The lowest BCUT2D eigenvalue weighted by Gasteiger charge is -2.19. The Bertz CT molecular complexity index is 478. The SMILES string of the molecule is CCNC(=NCC1CCCO1)NCCCCN(C)c1ccccc1.I. The van der Waals surface area contributed by atoms with Crippen LogP contribution in [-0.4, -0.2) is 51.9 Å². The zero-order valence-corrected chi connectivity index (χ0v) is 17.9. The van der Waals surface area contributed by atoms with Gasteiger partial charge in [0.2, 0.25) is 0 Å². The maximum atomic E-state index is 5.62. The molecular formula is C19H33IN4O. The molecule has 5 nitrogen and oxygen atoms in total. The highest BCUT2D eigenvalue weighted by Crippen LogP contribution is 2.12. The fraction of sp³-hybridized carbons (Fsp3) is 0.632. The van der Waals surface area contributed by atoms with Gasteiger partial charge < -0.3 is 20.3 Å². The molecule has 0 amide bonds. The van der Waals surface area contributed by atoms with E-state index in [0.29, 0.717) is 6.10 Å². The number of hydrogen-bond acceptors (Lipinski definition) is 3. The zero-order chi connectivity index (χ0) is 17.0. The van der Waals surface area contributed by atoms with Gasteiger partial charge in [0.1, 0.15) is 0 Å². The summed E-state index contributed by atoms with van der Waals surface area (Å²) in [7, 11) is 2.15. The number of anilines is 1. The van der Waals surface area contributed by atoms with Gasteiger partial charge in [0.15, 0.2) is 5.96 Å². The van der Waals surface area contributed by atoms with E-state index in [0.717, 1.165) is 58.0 Å². The number of nitrogens with zero attached hydrogens (tertiary/aromatic N) is 2. The molecule has 1 aliphatic rings. The van der Waals surface area contributed by atoms with Gasteiger partial charge in [-0.1, -0.05) is 18.2 Å². The number of benzene rings is 1. The third-order valence-corrected chi connectivity index (χ3v) is 4.23. The van der Waals surface area contributed by atoms with E-state index < -0.39 is 0 Å². The van der Waals surface area contributed by atoms with Crippen molar-refractivity contribution < 1.29 is 4.74 Å². The van der Waals surface area contributed by atoms with Crippen LogP contribution in [0.5, 0.6) is 0 Å². The van der Waals surface area contributed by atoms with Gasteiger partial charge in [0, 0.05) is 39.0 Å². The molecule has 1 aromatic carbocycles. The van der Waals surface area contributed by atoms with Crippen molar-refractivity contribution >= 4 is 35.6 Å². The molecule has 6 heteroatoms. The van der Waals surface area contributed by atoms with Crippen LogP contribution in [0.1, 0.15) is 32.6 Å². The van der Waals surface area contributed by atoms with E-state index in [1.54, 1.807) is 0 Å². The second-order valence-corrected chi connectivity index (χ2v) is 6.25. The molecule has 2 N–H and O–H groups in total. The average molecular weight is 460 g/mol. The van der Waals surface area contributed by atoms with Gasteiger partial charge in [0.25, 0.3) is 0 Å². The third-order valence-electron chi connectivity index (χ3n) is 4.23. The molecule has 1 heterocycles. The van der Waals surface area contributed by atoms with Crippen LogP contribution in [0.3, 0.4) is 0 Å². The van der Waals surface area contributed by atoms with E-state index in [1.807, 2.05) is 0 Å². The van der Waals surface area contributed by atoms with Gasteiger partial charge in [-0.15, -0.1) is 24.0 Å².